The molecular weight excluding hydrogens is 335 g/mol. The van der Waals surface area contributed by atoms with Crippen LogP contribution in [0.5, 0.6) is 11.5 Å². The predicted molar refractivity (Wildman–Crippen MR) is 99.1 cm³/mol. The number of nitrogens with zero attached hydrogens (tertiary/aromatic N) is 1. The molecule has 0 atom stereocenters. The molecule has 1 heterocycles. The van der Waals surface area contributed by atoms with E-state index in [1.54, 1.807) is 49.5 Å². The van der Waals surface area contributed by atoms with Crippen molar-refractivity contribution >= 4 is 17.3 Å². The molecule has 136 valence electrons. The van der Waals surface area contributed by atoms with E-state index < -0.39 is 0 Å². The number of carbonyl (C=O) groups is 1. The van der Waals surface area contributed by atoms with Crippen LogP contribution in [0.25, 0.3) is 5.57 Å². The van der Waals surface area contributed by atoms with E-state index in [-0.39, 0.29) is 11.8 Å². The summed E-state index contributed by atoms with van der Waals surface area (Å²) in [6.45, 7) is 1.09. The van der Waals surface area contributed by atoms with E-state index in [1.807, 2.05) is 6.08 Å². The van der Waals surface area contributed by atoms with Crippen molar-refractivity contribution in [3.8, 4) is 11.5 Å². The zero-order valence-corrected chi connectivity index (χ0v) is 14.8. The van der Waals surface area contributed by atoms with E-state index in [0.717, 1.165) is 17.6 Å². The molecule has 0 spiro atoms. The van der Waals surface area contributed by atoms with Crippen molar-refractivity contribution in [1.29, 1.82) is 0 Å². The number of methoxy groups -OCH3 is 2. The van der Waals surface area contributed by atoms with Crippen LogP contribution in [0.15, 0.2) is 48.5 Å². The molecular formula is C20H21FN2O3. The summed E-state index contributed by atoms with van der Waals surface area (Å²) in [4.78, 5) is 14.2. The van der Waals surface area contributed by atoms with Crippen LogP contribution in [-0.4, -0.2) is 38.2 Å². The highest BCUT2D eigenvalue weighted by Gasteiger charge is 2.19. The van der Waals surface area contributed by atoms with Gasteiger partial charge in [0.1, 0.15) is 17.3 Å². The third kappa shape index (κ3) is 3.96. The molecule has 2 aromatic carbocycles. The van der Waals surface area contributed by atoms with Crippen molar-refractivity contribution in [3.05, 3.63) is 59.9 Å². The number of carbonyl (C=O) groups excluding carboxylic acids is 1. The van der Waals surface area contributed by atoms with Gasteiger partial charge >= 0.3 is 6.03 Å². The Hall–Kier alpha value is -3.02. The van der Waals surface area contributed by atoms with E-state index in [2.05, 4.69) is 5.32 Å². The minimum atomic E-state index is -0.250. The first-order valence-electron chi connectivity index (χ1n) is 8.33. The van der Waals surface area contributed by atoms with Crippen LogP contribution < -0.4 is 14.8 Å². The zero-order chi connectivity index (χ0) is 18.5. The fraction of sp³-hybridized carbons (Fsp3) is 0.250. The van der Waals surface area contributed by atoms with Crippen LogP contribution in [0.3, 0.4) is 0 Å². The summed E-state index contributed by atoms with van der Waals surface area (Å²) in [5, 5.41) is 2.87. The number of hydrogen-bond acceptors (Lipinski definition) is 3. The summed E-state index contributed by atoms with van der Waals surface area (Å²) in [6, 6.07) is 11.5. The monoisotopic (exact) mass is 356 g/mol. The molecule has 0 radical (unpaired) electrons. The highest BCUT2D eigenvalue weighted by atomic mass is 19.1. The van der Waals surface area contributed by atoms with E-state index in [9.17, 15) is 9.18 Å². The lowest BCUT2D eigenvalue weighted by Gasteiger charge is -2.27. The van der Waals surface area contributed by atoms with E-state index in [1.165, 1.54) is 12.1 Å². The van der Waals surface area contributed by atoms with Gasteiger partial charge in [-0.15, -0.1) is 0 Å². The second-order valence-corrected chi connectivity index (χ2v) is 5.93. The average molecular weight is 356 g/mol. The number of anilines is 1. The highest BCUT2D eigenvalue weighted by molar-refractivity contribution is 5.91. The van der Waals surface area contributed by atoms with Crippen molar-refractivity contribution in [2.45, 2.75) is 6.42 Å². The Kier molecular flexibility index (Phi) is 5.41. The Morgan fingerprint density at radius 2 is 1.88 bits per heavy atom. The minimum Gasteiger partial charge on any atom is -0.497 e. The van der Waals surface area contributed by atoms with Crippen molar-refractivity contribution in [2.75, 3.05) is 32.6 Å². The van der Waals surface area contributed by atoms with Gasteiger partial charge in [0, 0.05) is 19.2 Å². The Morgan fingerprint density at radius 1 is 1.12 bits per heavy atom. The molecule has 3 rings (SSSR count). The Labute approximate surface area is 152 Å². The summed E-state index contributed by atoms with van der Waals surface area (Å²) in [6.07, 6.45) is 2.72. The second kappa shape index (κ2) is 7.91. The second-order valence-electron chi connectivity index (χ2n) is 5.93. The molecule has 0 unspecified atom stereocenters. The number of amides is 2. The molecule has 0 aromatic heterocycles. The van der Waals surface area contributed by atoms with Gasteiger partial charge in [0.15, 0.2) is 0 Å². The topological polar surface area (TPSA) is 50.8 Å². The van der Waals surface area contributed by atoms with Gasteiger partial charge in [-0.2, -0.15) is 0 Å². The predicted octanol–water partition coefficient (Wildman–Crippen LogP) is 4.16. The quantitative estimate of drug-likeness (QED) is 0.895. The summed E-state index contributed by atoms with van der Waals surface area (Å²) in [5.41, 5.74) is 2.70. The lowest BCUT2D eigenvalue weighted by molar-refractivity contribution is 0.217. The van der Waals surface area contributed by atoms with Crippen LogP contribution in [0.1, 0.15) is 12.0 Å². The number of rotatable bonds is 4. The fourth-order valence-electron chi connectivity index (χ4n) is 2.88. The molecule has 0 fully saturated rings. The summed E-state index contributed by atoms with van der Waals surface area (Å²) < 4.78 is 23.5. The molecule has 2 amide bonds. The van der Waals surface area contributed by atoms with Crippen molar-refractivity contribution in [2.24, 2.45) is 0 Å². The maximum absolute atomic E-state index is 13.0. The maximum Gasteiger partial charge on any atom is 0.322 e. The fourth-order valence-corrected chi connectivity index (χ4v) is 2.88. The van der Waals surface area contributed by atoms with Gasteiger partial charge in [-0.1, -0.05) is 18.2 Å². The van der Waals surface area contributed by atoms with Gasteiger partial charge in [-0.3, -0.25) is 0 Å². The molecule has 2 aromatic rings. The molecule has 0 saturated carbocycles. The number of ether oxygens (including phenoxy) is 2. The van der Waals surface area contributed by atoms with Crippen molar-refractivity contribution in [3.63, 3.8) is 0 Å². The first-order chi connectivity index (χ1) is 12.6. The van der Waals surface area contributed by atoms with E-state index in [0.29, 0.717) is 30.3 Å². The number of urea groups is 1. The number of benzene rings is 2. The van der Waals surface area contributed by atoms with Crippen LogP contribution >= 0.6 is 0 Å². The Balaban J connectivity index is 1.66. The van der Waals surface area contributed by atoms with Gasteiger partial charge in [0.05, 0.1) is 19.9 Å². The number of halogens is 1. The smallest absolute Gasteiger partial charge is 0.322 e. The third-order valence-electron chi connectivity index (χ3n) is 4.36. The molecule has 5 nitrogen and oxygen atoms in total. The van der Waals surface area contributed by atoms with Crippen LogP contribution in [0.2, 0.25) is 0 Å². The summed E-state index contributed by atoms with van der Waals surface area (Å²) in [7, 11) is 3.12. The van der Waals surface area contributed by atoms with E-state index >= 15 is 0 Å². The van der Waals surface area contributed by atoms with Gasteiger partial charge in [-0.25, -0.2) is 9.18 Å². The van der Waals surface area contributed by atoms with Crippen molar-refractivity contribution in [1.82, 2.24) is 4.90 Å². The molecule has 26 heavy (non-hydrogen) atoms. The molecule has 1 aliphatic rings. The van der Waals surface area contributed by atoms with Crippen molar-refractivity contribution < 1.29 is 18.7 Å². The molecule has 0 saturated heterocycles. The Morgan fingerprint density at radius 3 is 2.50 bits per heavy atom. The summed E-state index contributed by atoms with van der Waals surface area (Å²) in [5.74, 6) is 0.946. The van der Waals surface area contributed by atoms with Crippen LogP contribution in [0.4, 0.5) is 14.9 Å². The molecule has 1 aliphatic heterocycles. The van der Waals surface area contributed by atoms with Gasteiger partial charge in [0.2, 0.25) is 0 Å². The first kappa shape index (κ1) is 17.8. The Bertz CT molecular complexity index is 818. The normalized spacial score (nSPS) is 13.8. The zero-order valence-electron chi connectivity index (χ0n) is 14.8. The first-order valence-corrected chi connectivity index (χ1v) is 8.33. The maximum atomic E-state index is 13.0. The highest BCUT2D eigenvalue weighted by Crippen LogP contribution is 2.30. The van der Waals surface area contributed by atoms with Gasteiger partial charge in [0.25, 0.3) is 0 Å². The molecule has 0 bridgehead atoms. The van der Waals surface area contributed by atoms with Gasteiger partial charge in [-0.05, 0) is 41.8 Å². The average Bonchev–Trinajstić information content (AvgIpc) is 2.69. The third-order valence-corrected chi connectivity index (χ3v) is 4.36. The van der Waals surface area contributed by atoms with Crippen LogP contribution in [-0.2, 0) is 0 Å². The standard InChI is InChI=1S/C20H21FN2O3/c1-25-17-7-8-18(19(13-17)26-2)22-20(24)23-11-9-15(10-12-23)14-3-5-16(21)6-4-14/h3-9,13H,10-12H2,1-2H3,(H,22,24). The van der Waals surface area contributed by atoms with Gasteiger partial charge < -0.3 is 19.7 Å². The molecule has 0 aliphatic carbocycles. The molecule has 1 N–H and O–H groups in total. The van der Waals surface area contributed by atoms with E-state index in [4.69, 9.17) is 9.47 Å². The minimum absolute atomic E-state index is 0.192. The summed E-state index contributed by atoms with van der Waals surface area (Å²) >= 11 is 0. The number of nitrogens with one attached hydrogen (secondary N) is 1. The lowest BCUT2D eigenvalue weighted by atomic mass is 10.00. The molecule has 6 heteroatoms. The number of hydrogen-bond donors (Lipinski definition) is 1. The van der Waals surface area contributed by atoms with Crippen LogP contribution in [0, 0.1) is 5.82 Å². The lowest BCUT2D eigenvalue weighted by Crippen LogP contribution is -2.37. The largest absolute Gasteiger partial charge is 0.497 e. The SMILES string of the molecule is COc1ccc(NC(=O)N2CC=C(c3ccc(F)cc3)CC2)c(OC)c1.